The number of benzene rings is 3. The third kappa shape index (κ3) is 5.14. The molecule has 3 aromatic rings. The van der Waals surface area contributed by atoms with E-state index in [0.717, 1.165) is 41.5 Å². The molecule has 7 nitrogen and oxygen atoms in total. The minimum atomic E-state index is -0.951. The van der Waals surface area contributed by atoms with Crippen LogP contribution in [0.3, 0.4) is 0 Å². The Labute approximate surface area is 269 Å². The Hall–Kier alpha value is -4.25. The lowest BCUT2D eigenvalue weighted by molar-refractivity contribution is -0.124. The molecule has 1 heterocycles. The number of allylic oxidation sites excluding steroid dienone is 1. The Morgan fingerprint density at radius 2 is 1.76 bits per heavy atom. The molecule has 3 aromatic carbocycles. The minimum Gasteiger partial charge on any atom is -0.504 e. The van der Waals surface area contributed by atoms with Crippen molar-refractivity contribution in [2.45, 2.75) is 62.0 Å². The lowest BCUT2D eigenvalue weighted by Gasteiger charge is -2.60. The number of Topliss-reactive ketones (excluding diaryl/α,β-unsaturated/α-hetero) is 1. The first-order valence-electron chi connectivity index (χ1n) is 16.4. The molecule has 1 spiro atoms. The van der Waals surface area contributed by atoms with Crippen LogP contribution in [-0.2, 0) is 16.6 Å². The number of carbonyl (C=O) groups is 1. The molecule has 0 amide bonds. The van der Waals surface area contributed by atoms with Gasteiger partial charge < -0.3 is 30.5 Å². The fourth-order valence-corrected chi connectivity index (χ4v) is 9.12. The maximum absolute atomic E-state index is 14.1. The second-order valence-electron chi connectivity index (χ2n) is 13.5. The van der Waals surface area contributed by atoms with Crippen molar-refractivity contribution in [3.8, 4) is 34.8 Å². The van der Waals surface area contributed by atoms with Gasteiger partial charge in [-0.05, 0) is 71.7 Å². The summed E-state index contributed by atoms with van der Waals surface area (Å²) in [7, 11) is 1.51. The van der Waals surface area contributed by atoms with Crippen molar-refractivity contribution in [2.75, 3.05) is 13.7 Å². The number of ether oxygens (including phenoxy) is 1. The van der Waals surface area contributed by atoms with Crippen LogP contribution in [0.2, 0.25) is 0 Å². The molecule has 3 aliphatic carbocycles. The first-order chi connectivity index (χ1) is 22.3. The van der Waals surface area contributed by atoms with Crippen LogP contribution in [0.1, 0.15) is 60.3 Å². The summed E-state index contributed by atoms with van der Waals surface area (Å²) < 4.78 is 5.43. The fourth-order valence-electron chi connectivity index (χ4n) is 9.12. The van der Waals surface area contributed by atoms with Crippen molar-refractivity contribution < 1.29 is 30.0 Å². The number of aliphatic hydroxyl groups is 1. The second kappa shape index (κ2) is 12.2. The first kappa shape index (κ1) is 30.4. The van der Waals surface area contributed by atoms with E-state index in [1.807, 2.05) is 30.3 Å². The molecule has 4 aliphatic rings. The van der Waals surface area contributed by atoms with Crippen LogP contribution in [0.15, 0.2) is 66.7 Å². The number of hydrogen-bond acceptors (Lipinski definition) is 7. The molecular weight excluding hydrogens is 578 g/mol. The summed E-state index contributed by atoms with van der Waals surface area (Å²) in [6.45, 7) is 0.584. The predicted molar refractivity (Wildman–Crippen MR) is 176 cm³/mol. The molecule has 2 fully saturated rings. The van der Waals surface area contributed by atoms with Gasteiger partial charge in [-0.2, -0.15) is 0 Å². The van der Waals surface area contributed by atoms with Gasteiger partial charge in [0.15, 0.2) is 23.0 Å². The Balaban J connectivity index is 1.38. The summed E-state index contributed by atoms with van der Waals surface area (Å²) in [6, 6.07) is 18.7. The molecule has 8 atom stereocenters. The quantitative estimate of drug-likeness (QED) is 0.195. The van der Waals surface area contributed by atoms with Gasteiger partial charge in [0, 0.05) is 54.5 Å². The van der Waals surface area contributed by atoms with Gasteiger partial charge in [-0.3, -0.25) is 4.79 Å². The summed E-state index contributed by atoms with van der Waals surface area (Å²) in [5, 5.41) is 47.5. The molecule has 0 bridgehead atoms. The number of fused-ring (bicyclic) bond motifs is 2. The van der Waals surface area contributed by atoms with Crippen LogP contribution < -0.4 is 10.1 Å². The highest BCUT2D eigenvalue weighted by Gasteiger charge is 2.60. The van der Waals surface area contributed by atoms with Gasteiger partial charge in [0.1, 0.15) is 5.78 Å². The number of piperidine rings is 1. The van der Waals surface area contributed by atoms with E-state index in [1.165, 1.54) is 7.11 Å². The van der Waals surface area contributed by atoms with E-state index in [1.54, 1.807) is 24.3 Å². The average molecular weight is 620 g/mol. The molecule has 46 heavy (non-hydrogen) atoms. The van der Waals surface area contributed by atoms with E-state index in [0.29, 0.717) is 18.7 Å². The lowest BCUT2D eigenvalue weighted by Crippen LogP contribution is -2.68. The average Bonchev–Trinajstić information content (AvgIpc) is 3.05. The van der Waals surface area contributed by atoms with Crippen LogP contribution >= 0.6 is 0 Å². The topological polar surface area (TPSA) is 119 Å². The number of ketones is 1. The summed E-state index contributed by atoms with van der Waals surface area (Å²) in [6.07, 6.45) is 6.95. The van der Waals surface area contributed by atoms with Gasteiger partial charge in [0.2, 0.25) is 0 Å². The Bertz CT molecular complexity index is 1720. The molecule has 5 N–H and O–H groups in total. The number of methoxy groups -OCH3 is 1. The number of phenolic OH excluding ortho intramolecular Hbond substituents is 3. The van der Waals surface area contributed by atoms with Gasteiger partial charge >= 0.3 is 0 Å². The number of aromatic hydroxyl groups is 3. The Kier molecular flexibility index (Phi) is 8.04. The van der Waals surface area contributed by atoms with Crippen LogP contribution in [0.4, 0.5) is 0 Å². The van der Waals surface area contributed by atoms with Crippen LogP contribution in [-0.4, -0.2) is 52.0 Å². The Morgan fingerprint density at radius 3 is 2.57 bits per heavy atom. The minimum absolute atomic E-state index is 0.00305. The van der Waals surface area contributed by atoms with E-state index in [4.69, 9.17) is 4.74 Å². The van der Waals surface area contributed by atoms with Gasteiger partial charge in [0.05, 0.1) is 13.2 Å². The van der Waals surface area contributed by atoms with Crippen molar-refractivity contribution in [3.63, 3.8) is 0 Å². The molecule has 238 valence electrons. The molecule has 7 rings (SSSR count). The lowest BCUT2D eigenvalue weighted by atomic mass is 9.47. The molecule has 1 saturated heterocycles. The zero-order chi connectivity index (χ0) is 32.0. The van der Waals surface area contributed by atoms with Crippen LogP contribution in [0, 0.1) is 35.5 Å². The third-order valence-electron chi connectivity index (χ3n) is 11.1. The number of aliphatic hydroxyl groups excluding tert-OH is 1. The third-order valence-corrected chi connectivity index (χ3v) is 11.1. The number of rotatable bonds is 4. The zero-order valence-electron chi connectivity index (χ0n) is 26.0. The molecule has 1 aliphatic heterocycles. The van der Waals surface area contributed by atoms with E-state index in [2.05, 4.69) is 35.4 Å². The van der Waals surface area contributed by atoms with E-state index < -0.39 is 11.5 Å². The van der Waals surface area contributed by atoms with Gasteiger partial charge in [0.25, 0.3) is 0 Å². The molecule has 0 aromatic heterocycles. The number of phenols is 3. The van der Waals surface area contributed by atoms with Crippen molar-refractivity contribution in [2.24, 2.45) is 23.7 Å². The van der Waals surface area contributed by atoms with Crippen LogP contribution in [0.5, 0.6) is 23.0 Å². The molecular formula is C39H41NO6. The zero-order valence-corrected chi connectivity index (χ0v) is 26.0. The van der Waals surface area contributed by atoms with Gasteiger partial charge in [-0.1, -0.05) is 66.8 Å². The van der Waals surface area contributed by atoms with Gasteiger partial charge in [-0.15, -0.1) is 0 Å². The standard InChI is InChI=1S/C39H41NO6/c1-46-36-18-25(13-15-32(36)42)30-19-29(41)20-35(45)38-27(11-10-24(30)16-23-6-3-2-4-7-23)22-40-37-9-5-8-28-14-12-26-17-33(43)34(44)21-31(26)39(28,37)38/h2-4,6-7,12-15,17-18,21,24,27-28,30,35,37-38,40,42-45H,5,8-9,16,19-20,22H2,1H3. The highest BCUT2D eigenvalue weighted by molar-refractivity contribution is 5.80. The van der Waals surface area contributed by atoms with Gasteiger partial charge in [-0.25, -0.2) is 0 Å². The van der Waals surface area contributed by atoms with Crippen LogP contribution in [0.25, 0.3) is 6.08 Å². The second-order valence-corrected chi connectivity index (χ2v) is 13.5. The highest BCUT2D eigenvalue weighted by Crippen LogP contribution is 2.59. The molecule has 7 heteroatoms. The van der Waals surface area contributed by atoms with Crippen molar-refractivity contribution in [1.29, 1.82) is 0 Å². The normalized spacial score (nSPS) is 31.7. The summed E-state index contributed by atoms with van der Waals surface area (Å²) >= 11 is 0. The SMILES string of the molecule is COc1cc(C2CC(=O)CC(O)C3C(C#CC2Cc2ccccc2)CNC2CCCC4C=Cc5cc(O)c(O)cc5C423)ccc1O. The van der Waals surface area contributed by atoms with E-state index in [9.17, 15) is 25.2 Å². The summed E-state index contributed by atoms with van der Waals surface area (Å²) in [4.78, 5) is 14.1. The molecule has 0 radical (unpaired) electrons. The largest absolute Gasteiger partial charge is 0.504 e. The van der Waals surface area contributed by atoms with Crippen molar-refractivity contribution in [3.05, 3.63) is 89.0 Å². The predicted octanol–water partition coefficient (Wildman–Crippen LogP) is 5.45. The molecule has 8 unspecified atom stereocenters. The maximum Gasteiger partial charge on any atom is 0.160 e. The number of hydrogen-bond donors (Lipinski definition) is 5. The highest BCUT2D eigenvalue weighted by atomic mass is 16.5. The van der Waals surface area contributed by atoms with E-state index in [-0.39, 0.29) is 71.5 Å². The molecule has 1 saturated carbocycles. The Morgan fingerprint density at radius 1 is 0.957 bits per heavy atom. The number of nitrogens with one attached hydrogen (secondary N) is 1. The first-order valence-corrected chi connectivity index (χ1v) is 16.4. The van der Waals surface area contributed by atoms with Crippen molar-refractivity contribution >= 4 is 11.9 Å². The van der Waals surface area contributed by atoms with Crippen molar-refractivity contribution in [1.82, 2.24) is 5.32 Å². The van der Waals surface area contributed by atoms with E-state index >= 15 is 0 Å². The monoisotopic (exact) mass is 619 g/mol. The smallest absolute Gasteiger partial charge is 0.160 e. The fraction of sp³-hybridized carbons (Fsp3) is 0.410. The number of carbonyl (C=O) groups excluding carboxylic acids is 1. The maximum atomic E-state index is 14.1. The summed E-state index contributed by atoms with van der Waals surface area (Å²) in [5.41, 5.74) is 3.10. The summed E-state index contributed by atoms with van der Waals surface area (Å²) in [5.74, 6) is 6.26.